The van der Waals surface area contributed by atoms with Crippen LogP contribution in [0.2, 0.25) is 5.02 Å². The molecule has 4 aromatic rings. The molecule has 11 heteroatoms. The molecular weight excluding hydrogens is 469 g/mol. The standard InChI is InChI=1S/C23H18ClF3N6O/c24-17-12-32-22(33-13-23(26,27)18-5-1-2-6-29-18)20(25)16(17)8-19(34)31-11-15-10-28-9-14-4-3-7-30-21(14)15/h1-7,9-10,12H,8,11,13H2,(H,31,34)(H,32,33)/p+3. The summed E-state index contributed by atoms with van der Waals surface area (Å²) in [6.45, 7) is -0.717. The van der Waals surface area contributed by atoms with Crippen molar-refractivity contribution in [1.29, 1.82) is 0 Å². The van der Waals surface area contributed by atoms with Crippen LogP contribution in [0.4, 0.5) is 19.0 Å². The van der Waals surface area contributed by atoms with Crippen molar-refractivity contribution in [1.82, 2.24) is 10.3 Å². The summed E-state index contributed by atoms with van der Waals surface area (Å²) in [7, 11) is 0. The number of aromatic amines is 3. The number of H-pyrrole nitrogens is 3. The van der Waals surface area contributed by atoms with Crippen molar-refractivity contribution in [3.63, 3.8) is 0 Å². The predicted octanol–water partition coefficient (Wildman–Crippen LogP) is 2.53. The van der Waals surface area contributed by atoms with Gasteiger partial charge >= 0.3 is 11.7 Å². The summed E-state index contributed by atoms with van der Waals surface area (Å²) < 4.78 is 43.8. The van der Waals surface area contributed by atoms with Crippen molar-refractivity contribution < 1.29 is 32.9 Å². The Morgan fingerprint density at radius 2 is 1.97 bits per heavy atom. The van der Waals surface area contributed by atoms with E-state index in [4.69, 9.17) is 11.6 Å². The van der Waals surface area contributed by atoms with E-state index in [0.717, 1.165) is 16.5 Å². The van der Waals surface area contributed by atoms with Crippen LogP contribution < -0.4 is 25.6 Å². The molecule has 0 spiro atoms. The van der Waals surface area contributed by atoms with Gasteiger partial charge in [0.15, 0.2) is 25.1 Å². The van der Waals surface area contributed by atoms with Gasteiger partial charge in [0.2, 0.25) is 11.7 Å². The fraction of sp³-hybridized carbons (Fsp3) is 0.174. The number of anilines is 1. The first-order valence-electron chi connectivity index (χ1n) is 10.3. The normalized spacial score (nSPS) is 11.4. The second-order valence-corrected chi connectivity index (χ2v) is 7.92. The number of fused-ring (bicyclic) bond motifs is 1. The van der Waals surface area contributed by atoms with Crippen molar-refractivity contribution in [3.8, 4) is 0 Å². The van der Waals surface area contributed by atoms with Crippen molar-refractivity contribution in [2.75, 3.05) is 11.9 Å². The molecule has 7 nitrogen and oxygen atoms in total. The first-order chi connectivity index (χ1) is 16.3. The van der Waals surface area contributed by atoms with Crippen LogP contribution in [0.25, 0.3) is 10.9 Å². The van der Waals surface area contributed by atoms with E-state index in [1.807, 2.05) is 6.07 Å². The Bertz CT molecular complexity index is 1320. The van der Waals surface area contributed by atoms with Crippen molar-refractivity contribution in [2.24, 2.45) is 0 Å². The average molecular weight is 490 g/mol. The number of carbonyl (C=O) groups excluding carboxylic acids is 1. The minimum atomic E-state index is -3.29. The third-order valence-electron chi connectivity index (χ3n) is 5.16. The third kappa shape index (κ3) is 5.23. The van der Waals surface area contributed by atoms with Crippen LogP contribution >= 0.6 is 11.6 Å². The highest BCUT2D eigenvalue weighted by Gasteiger charge is 2.40. The Labute approximate surface area is 197 Å². The Kier molecular flexibility index (Phi) is 6.87. The molecule has 0 radical (unpaired) electrons. The van der Waals surface area contributed by atoms with Crippen LogP contribution in [-0.4, -0.2) is 17.4 Å². The van der Waals surface area contributed by atoms with E-state index in [2.05, 4.69) is 30.6 Å². The van der Waals surface area contributed by atoms with E-state index in [9.17, 15) is 13.6 Å². The van der Waals surface area contributed by atoms with Gasteiger partial charge < -0.3 is 5.32 Å². The fourth-order valence-corrected chi connectivity index (χ4v) is 3.61. The Morgan fingerprint density at radius 3 is 2.76 bits per heavy atom. The summed E-state index contributed by atoms with van der Waals surface area (Å²) >= 11 is 6.08. The number of hydrogen-bond acceptors (Lipinski definition) is 3. The summed E-state index contributed by atoms with van der Waals surface area (Å²) in [6, 6.07) is 7.97. The van der Waals surface area contributed by atoms with Crippen LogP contribution in [0.15, 0.2) is 61.3 Å². The Morgan fingerprint density at radius 1 is 1.12 bits per heavy atom. The van der Waals surface area contributed by atoms with Crippen LogP contribution in [0.3, 0.4) is 0 Å². The first-order valence-corrected chi connectivity index (χ1v) is 10.7. The topological polar surface area (TPSA) is 96.4 Å². The molecule has 34 heavy (non-hydrogen) atoms. The van der Waals surface area contributed by atoms with Gasteiger partial charge in [-0.25, -0.2) is 15.0 Å². The molecule has 5 N–H and O–H groups in total. The largest absolute Gasteiger partial charge is 0.365 e. The predicted molar refractivity (Wildman–Crippen MR) is 117 cm³/mol. The summed E-state index contributed by atoms with van der Waals surface area (Å²) in [6.07, 6.45) is 7.40. The quantitative estimate of drug-likeness (QED) is 0.398. The zero-order chi connectivity index (χ0) is 24.1. The maximum absolute atomic E-state index is 15.0. The lowest BCUT2D eigenvalue weighted by molar-refractivity contribution is -0.412. The average Bonchev–Trinajstić information content (AvgIpc) is 2.85. The molecule has 0 aliphatic carbocycles. The van der Waals surface area contributed by atoms with Crippen LogP contribution in [-0.2, 0) is 23.7 Å². The lowest BCUT2D eigenvalue weighted by Crippen LogP contribution is -2.33. The molecule has 4 rings (SSSR count). The van der Waals surface area contributed by atoms with Crippen LogP contribution in [0, 0.1) is 5.82 Å². The van der Waals surface area contributed by atoms with E-state index in [1.165, 1.54) is 24.5 Å². The molecule has 1 amide bonds. The van der Waals surface area contributed by atoms with Crippen molar-refractivity contribution in [2.45, 2.75) is 18.9 Å². The van der Waals surface area contributed by atoms with E-state index in [1.54, 1.807) is 30.7 Å². The molecule has 174 valence electrons. The van der Waals surface area contributed by atoms with Crippen molar-refractivity contribution in [3.05, 3.63) is 89.0 Å². The van der Waals surface area contributed by atoms with E-state index >= 15 is 4.39 Å². The molecule has 0 unspecified atom stereocenters. The number of carbonyl (C=O) groups is 1. The van der Waals surface area contributed by atoms with Gasteiger partial charge in [0, 0.05) is 23.9 Å². The maximum atomic E-state index is 15.0. The number of alkyl halides is 2. The fourth-order valence-electron chi connectivity index (χ4n) is 3.40. The third-order valence-corrected chi connectivity index (χ3v) is 5.50. The molecule has 0 atom stereocenters. The Hall–Kier alpha value is -3.79. The number of amides is 1. The molecule has 0 fully saturated rings. The van der Waals surface area contributed by atoms with Gasteiger partial charge in [0.1, 0.15) is 6.20 Å². The lowest BCUT2D eigenvalue weighted by Gasteiger charge is -2.11. The summed E-state index contributed by atoms with van der Waals surface area (Å²) in [4.78, 5) is 24.8. The smallest absolute Gasteiger partial charge is 0.351 e. The SMILES string of the molecule is O=C(Cc1c(Cl)c[nH+]c(NCC(F)(F)c2cccc[nH+]2)c1F)NCc1c[nH+]cc2cccnc12. The Balaban J connectivity index is 1.43. The minimum absolute atomic E-state index is 0.0264. The van der Waals surface area contributed by atoms with Gasteiger partial charge in [-0.15, -0.1) is 0 Å². The number of nitrogens with zero attached hydrogens (tertiary/aromatic N) is 1. The number of nitrogens with one attached hydrogen (secondary N) is 5. The second-order valence-electron chi connectivity index (χ2n) is 7.51. The maximum Gasteiger partial charge on any atom is 0.365 e. The number of halogens is 4. The summed E-state index contributed by atoms with van der Waals surface area (Å²) in [5.74, 6) is -4.98. The molecule has 0 aromatic carbocycles. The highest BCUT2D eigenvalue weighted by atomic mass is 35.5. The van der Waals surface area contributed by atoms with Crippen LogP contribution in [0.1, 0.15) is 16.8 Å². The van der Waals surface area contributed by atoms with Gasteiger partial charge in [-0.1, -0.05) is 11.6 Å². The number of rotatable bonds is 8. The molecule has 4 heterocycles. The van der Waals surface area contributed by atoms with Gasteiger partial charge in [-0.3, -0.25) is 15.1 Å². The van der Waals surface area contributed by atoms with E-state index in [-0.39, 0.29) is 35.1 Å². The van der Waals surface area contributed by atoms with Crippen LogP contribution in [0.5, 0.6) is 0 Å². The molecular formula is C23H21ClF3N6O+3. The second kappa shape index (κ2) is 10.0. The first kappa shape index (κ1) is 23.4. The van der Waals surface area contributed by atoms with Gasteiger partial charge in [0.25, 0.3) is 5.69 Å². The minimum Gasteiger partial charge on any atom is -0.351 e. The highest BCUT2D eigenvalue weighted by molar-refractivity contribution is 6.31. The lowest BCUT2D eigenvalue weighted by atomic mass is 10.1. The van der Waals surface area contributed by atoms with Crippen molar-refractivity contribution >= 4 is 34.2 Å². The molecule has 0 aliphatic heterocycles. The zero-order valence-electron chi connectivity index (χ0n) is 17.8. The molecule has 0 saturated heterocycles. The van der Waals surface area contributed by atoms with E-state index in [0.29, 0.717) is 0 Å². The zero-order valence-corrected chi connectivity index (χ0v) is 18.5. The monoisotopic (exact) mass is 489 g/mol. The summed E-state index contributed by atoms with van der Waals surface area (Å²) in [5.41, 5.74) is 1.04. The molecule has 0 saturated carbocycles. The van der Waals surface area contributed by atoms with Gasteiger partial charge in [-0.2, -0.15) is 13.2 Å². The summed E-state index contributed by atoms with van der Waals surface area (Å²) in [5, 5.41) is 5.93. The number of aromatic nitrogens is 4. The van der Waals surface area contributed by atoms with E-state index < -0.39 is 24.2 Å². The molecule has 0 bridgehead atoms. The number of pyridine rings is 4. The molecule has 0 aliphatic rings. The molecule has 4 aromatic heterocycles. The highest BCUT2D eigenvalue weighted by Crippen LogP contribution is 2.26. The van der Waals surface area contributed by atoms with Gasteiger partial charge in [0.05, 0.1) is 34.5 Å². The number of hydrogen-bond donors (Lipinski definition) is 2. The van der Waals surface area contributed by atoms with Gasteiger partial charge in [-0.05, 0) is 18.2 Å².